The zero-order valence-electron chi connectivity index (χ0n) is 20.7. The van der Waals surface area contributed by atoms with Crippen molar-refractivity contribution in [1.82, 2.24) is 23.8 Å². The molecule has 1 saturated heterocycles. The largest absolute Gasteiger partial charge is 0.492 e. The smallest absolute Gasteiger partial charge is 0.343 e. The molecule has 0 radical (unpaired) electrons. The first-order chi connectivity index (χ1) is 17.5. The number of imidazole rings is 1. The van der Waals surface area contributed by atoms with Gasteiger partial charge in [0.15, 0.2) is 0 Å². The molecule has 10 nitrogen and oxygen atoms in total. The molecule has 5 heterocycles. The number of hydrogen-bond donors (Lipinski definition) is 0. The number of rotatable bonds is 6. The summed E-state index contributed by atoms with van der Waals surface area (Å²) in [5, 5.41) is 0. The molecule has 0 N–H and O–H groups in total. The summed E-state index contributed by atoms with van der Waals surface area (Å²) in [6.45, 7) is 2.41. The molecule has 0 spiro atoms. The second-order valence-electron chi connectivity index (χ2n) is 9.36. The molecule has 0 aliphatic carbocycles. The fraction of sp³-hybridized carbons (Fsp3) is 0.462. The predicted molar refractivity (Wildman–Crippen MR) is 133 cm³/mol. The fourth-order valence-corrected chi connectivity index (χ4v) is 5.24. The second-order valence-corrected chi connectivity index (χ2v) is 9.36. The van der Waals surface area contributed by atoms with Crippen LogP contribution in [0.5, 0.6) is 5.75 Å². The van der Waals surface area contributed by atoms with E-state index in [1.807, 2.05) is 24.4 Å². The van der Waals surface area contributed by atoms with Crippen molar-refractivity contribution >= 4 is 17.5 Å². The molecule has 0 bridgehead atoms. The maximum atomic E-state index is 13.2. The van der Waals surface area contributed by atoms with E-state index in [2.05, 4.69) is 16.9 Å². The molecule has 0 unspecified atom stereocenters. The molecular formula is C26H31N5O5. The van der Waals surface area contributed by atoms with E-state index in [-0.39, 0.29) is 29.3 Å². The summed E-state index contributed by atoms with van der Waals surface area (Å²) >= 11 is 0. The summed E-state index contributed by atoms with van der Waals surface area (Å²) in [5.41, 5.74) is 1.57. The number of nitrogens with zero attached hydrogens (tertiary/aromatic N) is 5. The Kier molecular flexibility index (Phi) is 6.77. The maximum Gasteiger partial charge on any atom is 0.343 e. The summed E-state index contributed by atoms with van der Waals surface area (Å²) in [6, 6.07) is 7.38. The predicted octanol–water partition coefficient (Wildman–Crippen LogP) is 1.84. The van der Waals surface area contributed by atoms with E-state index in [1.54, 1.807) is 20.1 Å². The van der Waals surface area contributed by atoms with Crippen LogP contribution in [-0.4, -0.2) is 82.1 Å². The number of amides is 1. The Morgan fingerprint density at radius 1 is 1.17 bits per heavy atom. The quantitative estimate of drug-likeness (QED) is 0.483. The molecule has 1 fully saturated rings. The Labute approximate surface area is 209 Å². The first-order valence-electron chi connectivity index (χ1n) is 12.4. The van der Waals surface area contributed by atoms with Crippen LogP contribution in [0.2, 0.25) is 0 Å². The first-order valence-corrected chi connectivity index (χ1v) is 12.4. The van der Waals surface area contributed by atoms with Gasteiger partial charge in [-0.2, -0.15) is 0 Å². The molecule has 5 rings (SSSR count). The van der Waals surface area contributed by atoms with Gasteiger partial charge < -0.3 is 28.2 Å². The normalized spacial score (nSPS) is 18.2. The highest BCUT2D eigenvalue weighted by molar-refractivity contribution is 5.94. The lowest BCUT2D eigenvalue weighted by atomic mass is 10.1. The Hall–Kier alpha value is -3.66. The van der Waals surface area contributed by atoms with Gasteiger partial charge in [-0.05, 0) is 45.0 Å². The Balaban J connectivity index is 1.38. The van der Waals surface area contributed by atoms with E-state index in [9.17, 15) is 14.4 Å². The van der Waals surface area contributed by atoms with Crippen LogP contribution in [0.25, 0.3) is 5.65 Å². The third-order valence-corrected chi connectivity index (χ3v) is 7.23. The topological polar surface area (TPSA) is 98.4 Å². The van der Waals surface area contributed by atoms with Gasteiger partial charge in [-0.3, -0.25) is 9.59 Å². The van der Waals surface area contributed by atoms with Gasteiger partial charge >= 0.3 is 5.97 Å². The number of carbonyl (C=O) groups is 2. The summed E-state index contributed by atoms with van der Waals surface area (Å²) in [7, 11) is 3.42. The molecule has 0 saturated carbocycles. The van der Waals surface area contributed by atoms with Gasteiger partial charge in [-0.15, -0.1) is 0 Å². The van der Waals surface area contributed by atoms with Crippen LogP contribution in [0.15, 0.2) is 41.5 Å². The highest BCUT2D eigenvalue weighted by atomic mass is 16.5. The first kappa shape index (κ1) is 24.1. The fourth-order valence-electron chi connectivity index (χ4n) is 5.24. The third-order valence-electron chi connectivity index (χ3n) is 7.23. The van der Waals surface area contributed by atoms with E-state index in [0.29, 0.717) is 49.2 Å². The van der Waals surface area contributed by atoms with E-state index >= 15 is 0 Å². The van der Waals surface area contributed by atoms with E-state index in [0.717, 1.165) is 19.4 Å². The van der Waals surface area contributed by atoms with Crippen molar-refractivity contribution in [2.75, 3.05) is 40.4 Å². The van der Waals surface area contributed by atoms with Crippen molar-refractivity contribution < 1.29 is 19.1 Å². The molecule has 36 heavy (non-hydrogen) atoms. The standard InChI is InChI=1S/C26H31N5O5/c1-28-10-5-6-18(28)9-15-36-21-16-23(32)31-14-13-29(12-8-20(31)24(21)26(34)35-2)25(33)19-17-30-11-4-3-7-22(30)27-19/h3-4,7,11,16-18H,5-6,8-10,12-15H2,1-2H3/t18-/m0/s1. The molecule has 10 heteroatoms. The second kappa shape index (κ2) is 10.1. The summed E-state index contributed by atoms with van der Waals surface area (Å²) in [6.07, 6.45) is 6.96. The van der Waals surface area contributed by atoms with Crippen molar-refractivity contribution in [3.05, 3.63) is 64.0 Å². The van der Waals surface area contributed by atoms with Gasteiger partial charge in [0.1, 0.15) is 22.7 Å². The number of ether oxygens (including phenoxy) is 2. The Bertz CT molecular complexity index is 1310. The van der Waals surface area contributed by atoms with Gasteiger partial charge in [0.25, 0.3) is 11.5 Å². The minimum Gasteiger partial charge on any atom is -0.492 e. The number of methoxy groups -OCH3 is 1. The molecule has 2 aliphatic heterocycles. The zero-order chi connectivity index (χ0) is 25.2. The number of likely N-dealkylation sites (tertiary alicyclic amines) is 1. The lowest BCUT2D eigenvalue weighted by Crippen LogP contribution is -2.34. The van der Waals surface area contributed by atoms with Gasteiger partial charge in [0.2, 0.25) is 0 Å². The number of carbonyl (C=O) groups excluding carboxylic acids is 2. The Morgan fingerprint density at radius 2 is 2.03 bits per heavy atom. The van der Waals surface area contributed by atoms with Crippen molar-refractivity contribution in [3.8, 4) is 5.75 Å². The van der Waals surface area contributed by atoms with Crippen LogP contribution in [-0.2, 0) is 17.7 Å². The SMILES string of the molecule is COC(=O)c1c(OCC[C@@H]2CCCN2C)cc(=O)n2c1CCN(C(=O)c1cn3ccccc3n1)CC2. The van der Waals surface area contributed by atoms with Gasteiger partial charge in [-0.1, -0.05) is 6.07 Å². The highest BCUT2D eigenvalue weighted by Gasteiger charge is 2.29. The average molecular weight is 494 g/mol. The molecule has 1 amide bonds. The summed E-state index contributed by atoms with van der Waals surface area (Å²) < 4.78 is 14.4. The number of esters is 1. The van der Waals surface area contributed by atoms with E-state index in [1.165, 1.54) is 19.6 Å². The van der Waals surface area contributed by atoms with Crippen LogP contribution >= 0.6 is 0 Å². The maximum absolute atomic E-state index is 13.2. The number of fused-ring (bicyclic) bond motifs is 2. The molecular weight excluding hydrogens is 462 g/mol. The van der Waals surface area contributed by atoms with Crippen molar-refractivity contribution in [3.63, 3.8) is 0 Å². The third kappa shape index (κ3) is 4.60. The van der Waals surface area contributed by atoms with Gasteiger partial charge in [0.05, 0.1) is 13.7 Å². The number of aromatic nitrogens is 3. The molecule has 0 aromatic carbocycles. The highest BCUT2D eigenvalue weighted by Crippen LogP contribution is 2.26. The number of hydrogen-bond acceptors (Lipinski definition) is 7. The number of pyridine rings is 2. The minimum atomic E-state index is -0.549. The molecule has 190 valence electrons. The van der Waals surface area contributed by atoms with Crippen LogP contribution in [0.4, 0.5) is 0 Å². The molecule has 1 atom stereocenters. The van der Waals surface area contributed by atoms with Crippen molar-refractivity contribution in [2.24, 2.45) is 0 Å². The molecule has 3 aromatic heterocycles. The monoisotopic (exact) mass is 493 g/mol. The molecule has 2 aliphatic rings. The van der Waals surface area contributed by atoms with Crippen molar-refractivity contribution in [1.29, 1.82) is 0 Å². The molecule has 3 aromatic rings. The average Bonchev–Trinajstić information content (AvgIpc) is 3.43. The van der Waals surface area contributed by atoms with Crippen LogP contribution in [0, 0.1) is 0 Å². The summed E-state index contributed by atoms with van der Waals surface area (Å²) in [5.74, 6) is -0.512. The van der Waals surface area contributed by atoms with Crippen molar-refractivity contribution in [2.45, 2.75) is 38.3 Å². The summed E-state index contributed by atoms with van der Waals surface area (Å²) in [4.78, 5) is 47.5. The minimum absolute atomic E-state index is 0.212. The zero-order valence-corrected chi connectivity index (χ0v) is 20.7. The Morgan fingerprint density at radius 3 is 2.78 bits per heavy atom. The van der Waals surface area contributed by atoms with Gasteiger partial charge in [0, 0.05) is 56.3 Å². The van der Waals surface area contributed by atoms with Gasteiger partial charge in [-0.25, -0.2) is 9.78 Å². The lowest BCUT2D eigenvalue weighted by Gasteiger charge is -2.21. The van der Waals surface area contributed by atoms with Crippen LogP contribution < -0.4 is 10.3 Å². The lowest BCUT2D eigenvalue weighted by molar-refractivity contribution is 0.0592. The van der Waals surface area contributed by atoms with Crippen LogP contribution in [0.3, 0.4) is 0 Å². The van der Waals surface area contributed by atoms with E-state index in [4.69, 9.17) is 9.47 Å². The van der Waals surface area contributed by atoms with E-state index < -0.39 is 5.97 Å². The van der Waals surface area contributed by atoms with Crippen LogP contribution in [0.1, 0.15) is 45.8 Å².